The number of aryl methyl sites for hydroxylation is 1. The molecule has 1 heterocycles. The molecule has 23 heavy (non-hydrogen) atoms. The van der Waals surface area contributed by atoms with E-state index < -0.39 is 0 Å². The zero-order valence-electron chi connectivity index (χ0n) is 13.4. The molecule has 0 aliphatic heterocycles. The van der Waals surface area contributed by atoms with Crippen molar-refractivity contribution in [2.45, 2.75) is 25.7 Å². The maximum atomic E-state index is 11.8. The summed E-state index contributed by atoms with van der Waals surface area (Å²) in [5, 5.41) is 4.09. The van der Waals surface area contributed by atoms with Crippen LogP contribution >= 0.6 is 12.4 Å². The summed E-state index contributed by atoms with van der Waals surface area (Å²) in [6, 6.07) is 11.9. The Labute approximate surface area is 143 Å². The van der Waals surface area contributed by atoms with E-state index in [2.05, 4.69) is 5.16 Å². The van der Waals surface area contributed by atoms with Gasteiger partial charge in [0.2, 0.25) is 5.91 Å². The number of carbonyl (C=O) groups is 1. The van der Waals surface area contributed by atoms with Crippen molar-refractivity contribution in [1.29, 1.82) is 0 Å². The van der Waals surface area contributed by atoms with Crippen LogP contribution in [0.5, 0.6) is 0 Å². The van der Waals surface area contributed by atoms with Crippen LogP contribution in [0.4, 0.5) is 0 Å². The van der Waals surface area contributed by atoms with Crippen molar-refractivity contribution in [1.82, 2.24) is 10.1 Å². The number of rotatable bonds is 8. The minimum absolute atomic E-state index is 0. The molecule has 1 aromatic heterocycles. The molecule has 0 fully saturated rings. The van der Waals surface area contributed by atoms with E-state index >= 15 is 0 Å². The van der Waals surface area contributed by atoms with Gasteiger partial charge in [-0.2, -0.15) is 0 Å². The highest BCUT2D eigenvalue weighted by molar-refractivity contribution is 5.85. The van der Waals surface area contributed by atoms with Crippen molar-refractivity contribution in [3.05, 3.63) is 42.2 Å². The number of amides is 1. The van der Waals surface area contributed by atoms with E-state index in [1.807, 2.05) is 43.4 Å². The Morgan fingerprint density at radius 1 is 1.26 bits per heavy atom. The Hall–Kier alpha value is -1.85. The summed E-state index contributed by atoms with van der Waals surface area (Å²) in [6.45, 7) is 1.27. The van der Waals surface area contributed by atoms with E-state index in [4.69, 9.17) is 10.3 Å². The molecule has 0 atom stereocenters. The van der Waals surface area contributed by atoms with Crippen LogP contribution in [0.25, 0.3) is 11.3 Å². The lowest BCUT2D eigenvalue weighted by molar-refractivity contribution is -0.130. The van der Waals surface area contributed by atoms with Gasteiger partial charge in [-0.25, -0.2) is 0 Å². The van der Waals surface area contributed by atoms with Crippen molar-refractivity contribution >= 4 is 18.3 Å². The minimum Gasteiger partial charge on any atom is -0.361 e. The van der Waals surface area contributed by atoms with Gasteiger partial charge in [-0.05, 0) is 19.4 Å². The molecule has 0 bridgehead atoms. The fourth-order valence-electron chi connectivity index (χ4n) is 2.24. The first-order valence-corrected chi connectivity index (χ1v) is 7.65. The maximum Gasteiger partial charge on any atom is 0.222 e. The van der Waals surface area contributed by atoms with Crippen molar-refractivity contribution in [2.24, 2.45) is 5.73 Å². The first-order chi connectivity index (χ1) is 10.7. The molecule has 6 heteroatoms. The second kappa shape index (κ2) is 10.0. The summed E-state index contributed by atoms with van der Waals surface area (Å²) < 4.78 is 5.36. The van der Waals surface area contributed by atoms with E-state index in [-0.39, 0.29) is 18.3 Å². The number of carbonyl (C=O) groups excluding carboxylic acids is 1. The number of aromatic nitrogens is 1. The Morgan fingerprint density at radius 2 is 2.00 bits per heavy atom. The number of hydrogen-bond donors (Lipinski definition) is 1. The van der Waals surface area contributed by atoms with Crippen LogP contribution in [-0.4, -0.2) is 36.1 Å². The number of benzene rings is 1. The fourth-order valence-corrected chi connectivity index (χ4v) is 2.24. The third-order valence-corrected chi connectivity index (χ3v) is 3.57. The third-order valence-electron chi connectivity index (χ3n) is 3.57. The molecule has 5 nitrogen and oxygen atoms in total. The molecule has 0 unspecified atom stereocenters. The minimum atomic E-state index is 0. The molecule has 2 rings (SSSR count). The predicted molar refractivity (Wildman–Crippen MR) is 93.4 cm³/mol. The SMILES string of the molecule is CN(CCCc1cc(-c2ccccc2)no1)C(=O)CCCN.Cl. The van der Waals surface area contributed by atoms with Crippen molar-refractivity contribution in [3.63, 3.8) is 0 Å². The molecule has 0 saturated carbocycles. The smallest absolute Gasteiger partial charge is 0.222 e. The monoisotopic (exact) mass is 337 g/mol. The molecule has 0 aliphatic carbocycles. The molecular weight excluding hydrogens is 314 g/mol. The van der Waals surface area contributed by atoms with Crippen molar-refractivity contribution in [2.75, 3.05) is 20.1 Å². The van der Waals surface area contributed by atoms with E-state index in [1.165, 1.54) is 0 Å². The molecule has 0 aliphatic rings. The first-order valence-electron chi connectivity index (χ1n) is 7.65. The van der Waals surface area contributed by atoms with E-state index in [1.54, 1.807) is 4.90 Å². The summed E-state index contributed by atoms with van der Waals surface area (Å²) >= 11 is 0. The van der Waals surface area contributed by atoms with Crippen LogP contribution in [0.2, 0.25) is 0 Å². The number of halogens is 1. The van der Waals surface area contributed by atoms with Gasteiger partial charge in [-0.15, -0.1) is 12.4 Å². The zero-order chi connectivity index (χ0) is 15.8. The third kappa shape index (κ3) is 6.04. The lowest BCUT2D eigenvalue weighted by Crippen LogP contribution is -2.28. The summed E-state index contributed by atoms with van der Waals surface area (Å²) in [5.41, 5.74) is 7.31. The van der Waals surface area contributed by atoms with E-state index in [9.17, 15) is 4.79 Å². The zero-order valence-corrected chi connectivity index (χ0v) is 14.2. The second-order valence-corrected chi connectivity index (χ2v) is 5.36. The van der Waals surface area contributed by atoms with Crippen LogP contribution in [0.15, 0.2) is 40.9 Å². The second-order valence-electron chi connectivity index (χ2n) is 5.36. The van der Waals surface area contributed by atoms with Gasteiger partial charge in [-0.1, -0.05) is 35.5 Å². The van der Waals surface area contributed by atoms with Gasteiger partial charge >= 0.3 is 0 Å². The van der Waals surface area contributed by atoms with Crippen molar-refractivity contribution < 1.29 is 9.32 Å². The maximum absolute atomic E-state index is 11.8. The largest absolute Gasteiger partial charge is 0.361 e. The number of nitrogens with two attached hydrogens (primary N) is 1. The van der Waals surface area contributed by atoms with Gasteiger partial charge in [0.05, 0.1) is 0 Å². The summed E-state index contributed by atoms with van der Waals surface area (Å²) in [5.74, 6) is 0.995. The lowest BCUT2D eigenvalue weighted by atomic mass is 10.1. The van der Waals surface area contributed by atoms with Crippen LogP contribution in [-0.2, 0) is 11.2 Å². The molecule has 1 aromatic carbocycles. The fraction of sp³-hybridized carbons (Fsp3) is 0.412. The average Bonchev–Trinajstić information content (AvgIpc) is 3.02. The predicted octanol–water partition coefficient (Wildman–Crippen LogP) is 2.89. The molecule has 0 spiro atoms. The highest BCUT2D eigenvalue weighted by Crippen LogP contribution is 2.19. The Morgan fingerprint density at radius 3 is 2.70 bits per heavy atom. The van der Waals surface area contributed by atoms with Gasteiger partial charge in [0.25, 0.3) is 0 Å². The van der Waals surface area contributed by atoms with Gasteiger partial charge < -0.3 is 15.2 Å². The van der Waals surface area contributed by atoms with Crippen molar-refractivity contribution in [3.8, 4) is 11.3 Å². The first kappa shape index (κ1) is 19.2. The van der Waals surface area contributed by atoms with E-state index in [0.29, 0.717) is 19.5 Å². The molecular formula is C17H24ClN3O2. The van der Waals surface area contributed by atoms with Crippen LogP contribution in [0, 0.1) is 0 Å². The number of nitrogens with zero attached hydrogens (tertiary/aromatic N) is 2. The van der Waals surface area contributed by atoms with Gasteiger partial charge in [0, 0.05) is 38.1 Å². The summed E-state index contributed by atoms with van der Waals surface area (Å²) in [6.07, 6.45) is 2.89. The summed E-state index contributed by atoms with van der Waals surface area (Å²) in [4.78, 5) is 13.5. The molecule has 2 N–H and O–H groups in total. The average molecular weight is 338 g/mol. The van der Waals surface area contributed by atoms with Gasteiger partial charge in [-0.3, -0.25) is 4.79 Å². The quantitative estimate of drug-likeness (QED) is 0.803. The van der Waals surface area contributed by atoms with Crippen LogP contribution in [0.3, 0.4) is 0 Å². The number of hydrogen-bond acceptors (Lipinski definition) is 4. The molecule has 0 radical (unpaired) electrons. The Bertz CT molecular complexity index is 587. The van der Waals surface area contributed by atoms with E-state index in [0.717, 1.165) is 36.3 Å². The van der Waals surface area contributed by atoms with Crippen LogP contribution in [0.1, 0.15) is 25.0 Å². The Kier molecular flexibility index (Phi) is 8.37. The molecule has 1 amide bonds. The molecule has 0 saturated heterocycles. The highest BCUT2D eigenvalue weighted by Gasteiger charge is 2.09. The van der Waals surface area contributed by atoms with Gasteiger partial charge in [0.15, 0.2) is 0 Å². The lowest BCUT2D eigenvalue weighted by Gasteiger charge is -2.16. The normalized spacial score (nSPS) is 10.2. The Balaban J connectivity index is 0.00000264. The highest BCUT2D eigenvalue weighted by atomic mass is 35.5. The van der Waals surface area contributed by atoms with Crippen LogP contribution < -0.4 is 5.73 Å². The molecule has 2 aromatic rings. The summed E-state index contributed by atoms with van der Waals surface area (Å²) in [7, 11) is 1.83. The molecule has 126 valence electrons. The van der Waals surface area contributed by atoms with Gasteiger partial charge in [0.1, 0.15) is 11.5 Å². The topological polar surface area (TPSA) is 72.4 Å². The standard InChI is InChI=1S/C17H23N3O2.ClH/c1-20(17(21)10-5-11-18)12-6-9-15-13-16(19-22-15)14-7-3-2-4-8-14;/h2-4,7-8,13H,5-6,9-12,18H2,1H3;1H.